The summed E-state index contributed by atoms with van der Waals surface area (Å²) in [4.78, 5) is 34.0. The minimum absolute atomic E-state index is 0.0496. The van der Waals surface area contributed by atoms with E-state index in [9.17, 15) is 9.59 Å². The number of aryl methyl sites for hydroxylation is 1. The van der Waals surface area contributed by atoms with Gasteiger partial charge in [-0.1, -0.05) is 44.0 Å². The largest absolute Gasteiger partial charge is 0.342 e. The minimum Gasteiger partial charge on any atom is -0.342 e. The second-order valence-electron chi connectivity index (χ2n) is 6.97. The van der Waals surface area contributed by atoms with Crippen LogP contribution in [-0.4, -0.2) is 39.2 Å². The van der Waals surface area contributed by atoms with Crippen LogP contribution in [0.25, 0.3) is 10.2 Å². The van der Waals surface area contributed by atoms with Crippen LogP contribution in [0.1, 0.15) is 43.9 Å². The lowest BCUT2D eigenvalue weighted by Crippen LogP contribution is -2.39. The molecule has 1 fully saturated rings. The summed E-state index contributed by atoms with van der Waals surface area (Å²) in [6, 6.07) is 2.29. The number of hydrogen-bond donors (Lipinski definition) is 0. The third kappa shape index (κ3) is 4.46. The van der Waals surface area contributed by atoms with Crippen LogP contribution in [-0.2, 0) is 17.8 Å². The highest BCUT2D eigenvalue weighted by Gasteiger charge is 2.23. The number of carbonyl (C=O) groups is 1. The standard InChI is InChI=1S/C20H27N3O2S2/c1-4-11-23-19(25)16-12-15(5-2)27-18(16)21-20(23)26-13-17(24)22(3)14-9-7-6-8-10-14/h4,12,14H,1,5-11,13H2,2-3H3. The van der Waals surface area contributed by atoms with Crippen molar-refractivity contribution in [1.29, 1.82) is 0 Å². The van der Waals surface area contributed by atoms with Crippen LogP contribution >= 0.6 is 23.1 Å². The Morgan fingerprint density at radius 1 is 1.44 bits per heavy atom. The average molecular weight is 406 g/mol. The van der Waals surface area contributed by atoms with Gasteiger partial charge in [-0.2, -0.15) is 0 Å². The lowest BCUT2D eigenvalue weighted by molar-refractivity contribution is -0.129. The van der Waals surface area contributed by atoms with Crippen LogP contribution in [0.15, 0.2) is 28.7 Å². The summed E-state index contributed by atoms with van der Waals surface area (Å²) in [5, 5.41) is 1.26. The van der Waals surface area contributed by atoms with Crippen molar-refractivity contribution in [3.63, 3.8) is 0 Å². The van der Waals surface area contributed by atoms with E-state index in [4.69, 9.17) is 4.98 Å². The van der Waals surface area contributed by atoms with E-state index in [1.165, 1.54) is 31.0 Å². The van der Waals surface area contributed by atoms with Crippen molar-refractivity contribution in [2.24, 2.45) is 0 Å². The maximum Gasteiger partial charge on any atom is 0.263 e. The predicted octanol–water partition coefficient (Wildman–Crippen LogP) is 4.09. The topological polar surface area (TPSA) is 55.2 Å². The number of amides is 1. The lowest BCUT2D eigenvalue weighted by Gasteiger charge is -2.31. The molecule has 0 bridgehead atoms. The van der Waals surface area contributed by atoms with Gasteiger partial charge in [0, 0.05) is 24.5 Å². The van der Waals surface area contributed by atoms with E-state index in [1.54, 1.807) is 22.0 Å². The predicted molar refractivity (Wildman–Crippen MR) is 114 cm³/mol. The molecule has 1 aliphatic rings. The van der Waals surface area contributed by atoms with E-state index >= 15 is 0 Å². The van der Waals surface area contributed by atoms with Gasteiger partial charge in [-0.15, -0.1) is 17.9 Å². The van der Waals surface area contributed by atoms with Crippen LogP contribution in [0.3, 0.4) is 0 Å². The zero-order chi connectivity index (χ0) is 19.4. The summed E-state index contributed by atoms with van der Waals surface area (Å²) in [5.41, 5.74) is -0.0496. The van der Waals surface area contributed by atoms with Crippen molar-refractivity contribution < 1.29 is 4.79 Å². The Morgan fingerprint density at radius 2 is 2.19 bits per heavy atom. The maximum atomic E-state index is 12.9. The summed E-state index contributed by atoms with van der Waals surface area (Å²) >= 11 is 2.91. The zero-order valence-electron chi connectivity index (χ0n) is 16.1. The molecule has 1 saturated carbocycles. The first-order chi connectivity index (χ1) is 13.0. The van der Waals surface area contributed by atoms with Gasteiger partial charge in [0.2, 0.25) is 5.91 Å². The fraction of sp³-hybridized carbons (Fsp3) is 0.550. The highest BCUT2D eigenvalue weighted by molar-refractivity contribution is 7.99. The van der Waals surface area contributed by atoms with Crippen molar-refractivity contribution in [3.8, 4) is 0 Å². The number of nitrogens with zero attached hydrogens (tertiary/aromatic N) is 3. The highest BCUT2D eigenvalue weighted by atomic mass is 32.2. The third-order valence-corrected chi connectivity index (χ3v) is 7.30. The van der Waals surface area contributed by atoms with Gasteiger partial charge in [0.05, 0.1) is 11.1 Å². The van der Waals surface area contributed by atoms with Crippen molar-refractivity contribution in [1.82, 2.24) is 14.5 Å². The molecule has 27 heavy (non-hydrogen) atoms. The molecule has 3 rings (SSSR count). The molecule has 0 unspecified atom stereocenters. The number of thiophene rings is 1. The summed E-state index contributed by atoms with van der Waals surface area (Å²) in [7, 11) is 1.90. The second kappa shape index (κ2) is 9.06. The first-order valence-corrected chi connectivity index (χ1v) is 11.4. The summed E-state index contributed by atoms with van der Waals surface area (Å²) in [6.45, 7) is 6.22. The quantitative estimate of drug-likeness (QED) is 0.395. The summed E-state index contributed by atoms with van der Waals surface area (Å²) in [5.74, 6) is 0.403. The fourth-order valence-corrected chi connectivity index (χ4v) is 5.46. The molecule has 0 radical (unpaired) electrons. The molecule has 0 N–H and O–H groups in total. The van der Waals surface area contributed by atoms with Crippen molar-refractivity contribution in [2.75, 3.05) is 12.8 Å². The molecule has 7 heteroatoms. The van der Waals surface area contributed by atoms with Crippen molar-refractivity contribution in [2.45, 2.75) is 63.2 Å². The molecule has 1 amide bonds. The van der Waals surface area contributed by atoms with E-state index < -0.39 is 0 Å². The molecule has 2 aromatic rings. The van der Waals surface area contributed by atoms with Crippen LogP contribution in [0.2, 0.25) is 0 Å². The fourth-order valence-electron chi connectivity index (χ4n) is 3.52. The number of aromatic nitrogens is 2. The van der Waals surface area contributed by atoms with E-state index in [0.717, 1.165) is 29.0 Å². The average Bonchev–Trinajstić information content (AvgIpc) is 3.12. The van der Waals surface area contributed by atoms with Gasteiger partial charge in [-0.05, 0) is 25.3 Å². The van der Waals surface area contributed by atoms with E-state index in [0.29, 0.717) is 28.9 Å². The summed E-state index contributed by atoms with van der Waals surface area (Å²) < 4.78 is 1.63. The normalized spacial score (nSPS) is 15.2. The van der Waals surface area contributed by atoms with Gasteiger partial charge in [-0.3, -0.25) is 14.2 Å². The molecular formula is C20H27N3O2S2. The van der Waals surface area contributed by atoms with Crippen LogP contribution in [0.5, 0.6) is 0 Å². The molecule has 0 aliphatic heterocycles. The van der Waals surface area contributed by atoms with Gasteiger partial charge in [0.1, 0.15) is 4.83 Å². The van der Waals surface area contributed by atoms with Crippen molar-refractivity contribution in [3.05, 3.63) is 34.0 Å². The Hall–Kier alpha value is -1.60. The van der Waals surface area contributed by atoms with E-state index in [2.05, 4.69) is 13.5 Å². The number of rotatable bonds is 7. The number of carbonyl (C=O) groups excluding carboxylic acids is 1. The second-order valence-corrected chi connectivity index (χ2v) is 9.03. The molecular weight excluding hydrogens is 378 g/mol. The molecule has 1 aliphatic carbocycles. The van der Waals surface area contributed by atoms with Gasteiger partial charge >= 0.3 is 0 Å². The van der Waals surface area contributed by atoms with Gasteiger partial charge in [-0.25, -0.2) is 4.98 Å². The zero-order valence-corrected chi connectivity index (χ0v) is 17.7. The number of allylic oxidation sites excluding steroid dienone is 1. The van der Waals surface area contributed by atoms with Crippen LogP contribution in [0, 0.1) is 0 Å². The van der Waals surface area contributed by atoms with Crippen LogP contribution in [0.4, 0.5) is 0 Å². The van der Waals surface area contributed by atoms with Gasteiger partial charge in [0.25, 0.3) is 5.56 Å². The Morgan fingerprint density at radius 3 is 2.85 bits per heavy atom. The smallest absolute Gasteiger partial charge is 0.263 e. The first-order valence-electron chi connectivity index (χ1n) is 9.57. The number of hydrogen-bond acceptors (Lipinski definition) is 5. The Balaban J connectivity index is 1.80. The van der Waals surface area contributed by atoms with E-state index in [-0.39, 0.29) is 11.5 Å². The first kappa shape index (κ1) is 20.1. The SMILES string of the molecule is C=CCn1c(SCC(=O)N(C)C2CCCCC2)nc2sc(CC)cc2c1=O. The molecule has 2 aromatic heterocycles. The van der Waals surface area contributed by atoms with Crippen molar-refractivity contribution >= 4 is 39.2 Å². The van der Waals surface area contributed by atoms with Crippen LogP contribution < -0.4 is 5.56 Å². The molecule has 0 atom stereocenters. The highest BCUT2D eigenvalue weighted by Crippen LogP contribution is 2.26. The monoisotopic (exact) mass is 405 g/mol. The van der Waals surface area contributed by atoms with E-state index in [1.807, 2.05) is 18.0 Å². The molecule has 5 nitrogen and oxygen atoms in total. The Kier molecular flexibility index (Phi) is 6.76. The number of thioether (sulfide) groups is 1. The molecule has 0 spiro atoms. The Labute approximate surface area is 168 Å². The molecule has 0 saturated heterocycles. The van der Waals surface area contributed by atoms with Gasteiger partial charge < -0.3 is 4.90 Å². The Bertz CT molecular complexity index is 881. The molecule has 2 heterocycles. The maximum absolute atomic E-state index is 12.9. The van der Waals surface area contributed by atoms with Gasteiger partial charge in [0.15, 0.2) is 5.16 Å². The number of fused-ring (bicyclic) bond motifs is 1. The molecule has 146 valence electrons. The minimum atomic E-state index is -0.0496. The summed E-state index contributed by atoms with van der Waals surface area (Å²) in [6.07, 6.45) is 8.43. The molecule has 0 aromatic carbocycles. The third-order valence-electron chi connectivity index (χ3n) is 5.17. The lowest BCUT2D eigenvalue weighted by atomic mass is 9.94.